The summed E-state index contributed by atoms with van der Waals surface area (Å²) in [6.07, 6.45) is 3.78. The molecular formula is C36H50Cl2Zr. The Kier molecular flexibility index (Phi) is 10.5. The maximum Gasteiger partial charge on any atom is -1.00 e. The van der Waals surface area contributed by atoms with Crippen LogP contribution in [0, 0.1) is 11.3 Å². The quantitative estimate of drug-likeness (QED) is 0.463. The van der Waals surface area contributed by atoms with Crippen LogP contribution in [0.5, 0.6) is 0 Å². The SMILES string of the molecule is CCC1=[C]([Zr+2](=[C](C)C)[CH]2c3cc(C(C)(C)C)ccc3-c3ccc(C(C)(C)C)cc32)C(C)C=C1C(C)(C)C.[Cl-].[Cl-]. The van der Waals surface area contributed by atoms with Crippen molar-refractivity contribution in [3.63, 3.8) is 0 Å². The zero-order chi connectivity index (χ0) is 27.7. The summed E-state index contributed by atoms with van der Waals surface area (Å²) in [5.74, 6) is 0.553. The molecule has 0 fully saturated rings. The van der Waals surface area contributed by atoms with Gasteiger partial charge in [-0.1, -0.05) is 0 Å². The molecule has 0 N–H and O–H groups in total. The van der Waals surface area contributed by atoms with Gasteiger partial charge in [-0.3, -0.25) is 0 Å². The number of fused-ring (bicyclic) bond motifs is 3. The molecule has 1 atom stereocenters. The van der Waals surface area contributed by atoms with Gasteiger partial charge in [-0.15, -0.1) is 0 Å². The third-order valence-electron chi connectivity index (χ3n) is 8.55. The average molecular weight is 645 g/mol. The summed E-state index contributed by atoms with van der Waals surface area (Å²) < 4.78 is 4.14. The summed E-state index contributed by atoms with van der Waals surface area (Å²) in [5, 5.41) is 0. The summed E-state index contributed by atoms with van der Waals surface area (Å²) in [5.41, 5.74) is 12.9. The molecule has 0 saturated carbocycles. The first kappa shape index (κ1) is 34.5. The minimum absolute atomic E-state index is 0. The maximum atomic E-state index is 2.63. The van der Waals surface area contributed by atoms with Crippen molar-refractivity contribution in [2.75, 3.05) is 0 Å². The second-order valence-corrected chi connectivity index (χ2v) is 22.1. The van der Waals surface area contributed by atoms with Crippen molar-refractivity contribution in [3.05, 3.63) is 79.2 Å². The van der Waals surface area contributed by atoms with E-state index in [9.17, 15) is 0 Å². The van der Waals surface area contributed by atoms with Crippen molar-refractivity contribution in [1.82, 2.24) is 0 Å². The molecule has 0 bridgehead atoms. The number of halogens is 2. The Morgan fingerprint density at radius 3 is 1.49 bits per heavy atom. The van der Waals surface area contributed by atoms with Gasteiger partial charge in [0.1, 0.15) is 0 Å². The summed E-state index contributed by atoms with van der Waals surface area (Å²) >= 11 is -2.34. The molecule has 1 unspecified atom stereocenters. The largest absolute Gasteiger partial charge is 1.00 e. The Morgan fingerprint density at radius 1 is 0.718 bits per heavy atom. The van der Waals surface area contributed by atoms with E-state index < -0.39 is 21.3 Å². The molecule has 0 aromatic heterocycles. The van der Waals surface area contributed by atoms with E-state index in [0.29, 0.717) is 9.54 Å². The third-order valence-corrected chi connectivity index (χ3v) is 17.4. The second kappa shape index (κ2) is 11.9. The molecule has 0 radical (unpaired) electrons. The van der Waals surface area contributed by atoms with Crippen LogP contribution in [0.25, 0.3) is 11.1 Å². The predicted molar refractivity (Wildman–Crippen MR) is 161 cm³/mol. The molecule has 0 spiro atoms. The molecule has 0 nitrogen and oxygen atoms in total. The third kappa shape index (κ3) is 6.37. The van der Waals surface area contributed by atoms with Gasteiger partial charge in [0.2, 0.25) is 0 Å². The molecule has 2 aromatic rings. The fraction of sp³-hybridized carbons (Fsp3) is 0.528. The van der Waals surface area contributed by atoms with Gasteiger partial charge in [0.05, 0.1) is 0 Å². The summed E-state index contributed by atoms with van der Waals surface area (Å²) in [6, 6.07) is 14.9. The maximum absolute atomic E-state index is 2.63. The van der Waals surface area contributed by atoms with Gasteiger partial charge in [-0.25, -0.2) is 0 Å². The van der Waals surface area contributed by atoms with E-state index in [0.717, 1.165) is 6.42 Å². The van der Waals surface area contributed by atoms with Crippen molar-refractivity contribution < 1.29 is 46.1 Å². The van der Waals surface area contributed by atoms with Crippen LogP contribution in [-0.2, 0) is 32.1 Å². The second-order valence-electron chi connectivity index (χ2n) is 14.8. The van der Waals surface area contributed by atoms with Gasteiger partial charge in [0, 0.05) is 0 Å². The zero-order valence-corrected chi connectivity index (χ0v) is 30.6. The monoisotopic (exact) mass is 642 g/mol. The molecule has 0 heterocycles. The van der Waals surface area contributed by atoms with Crippen LogP contribution in [0.4, 0.5) is 0 Å². The smallest absolute Gasteiger partial charge is 1.00 e. The van der Waals surface area contributed by atoms with Gasteiger partial charge >= 0.3 is 237 Å². The molecule has 0 saturated heterocycles. The Balaban J connectivity index is 0.00000267. The van der Waals surface area contributed by atoms with Crippen LogP contribution in [0.3, 0.4) is 0 Å². The van der Waals surface area contributed by atoms with E-state index in [1.165, 1.54) is 22.3 Å². The zero-order valence-electron chi connectivity index (χ0n) is 26.7. The number of rotatable bonds is 3. The van der Waals surface area contributed by atoms with E-state index in [1.807, 2.05) is 3.28 Å². The molecule has 0 amide bonds. The predicted octanol–water partition coefficient (Wildman–Crippen LogP) is 4.48. The van der Waals surface area contributed by atoms with Crippen molar-refractivity contribution in [2.45, 2.75) is 111 Å². The van der Waals surface area contributed by atoms with Crippen molar-refractivity contribution in [2.24, 2.45) is 11.3 Å². The average Bonchev–Trinajstić information content (AvgIpc) is 3.27. The number of allylic oxidation sites excluding steroid dienone is 4. The van der Waals surface area contributed by atoms with Crippen molar-refractivity contribution >= 4 is 3.21 Å². The molecular weight excluding hydrogens is 595 g/mol. The standard InChI is InChI=1S/C21H25.C12H19.C3H6.2ClH.Zr/c1-20(2,3)16-7-9-18-14(12-16)11-15-13-17(21(4,5)6)8-10-19(15)18;1-6-10-7-9(2)8-11(10)12(3,4)5;1-3-2;;;/h7-13H,1-6H3;8-9H,6H2,1-5H3;1-2H3;2*1H;/q;;;;;+2/p-2. The van der Waals surface area contributed by atoms with Gasteiger partial charge in [0.25, 0.3) is 0 Å². The Bertz CT molecular complexity index is 1270. The van der Waals surface area contributed by atoms with E-state index in [-0.39, 0.29) is 41.1 Å². The normalized spacial score (nSPS) is 17.0. The summed E-state index contributed by atoms with van der Waals surface area (Å²) in [7, 11) is 0. The van der Waals surface area contributed by atoms with Crippen LogP contribution in [0.2, 0.25) is 0 Å². The number of hydrogen-bond donors (Lipinski definition) is 0. The first-order valence-electron chi connectivity index (χ1n) is 14.4. The number of benzene rings is 2. The topological polar surface area (TPSA) is 0 Å². The Hall–Kier alpha value is -0.747. The summed E-state index contributed by atoms with van der Waals surface area (Å²) in [4.78, 5) is 0. The van der Waals surface area contributed by atoms with Crippen LogP contribution in [-0.4, -0.2) is 3.21 Å². The molecule has 2 aliphatic carbocycles. The van der Waals surface area contributed by atoms with Crippen LogP contribution in [0.1, 0.15) is 122 Å². The van der Waals surface area contributed by atoms with Gasteiger partial charge in [-0.2, -0.15) is 0 Å². The van der Waals surface area contributed by atoms with E-state index in [4.69, 9.17) is 0 Å². The van der Waals surface area contributed by atoms with Crippen LogP contribution < -0.4 is 24.8 Å². The first-order chi connectivity index (χ1) is 17.0. The molecule has 2 aliphatic rings. The van der Waals surface area contributed by atoms with Gasteiger partial charge in [0.15, 0.2) is 0 Å². The number of hydrogen-bond acceptors (Lipinski definition) is 0. The van der Waals surface area contributed by atoms with E-state index in [2.05, 4.69) is 132 Å². The molecule has 0 aliphatic heterocycles. The minimum Gasteiger partial charge on any atom is -1.00 e. The molecule has 212 valence electrons. The van der Waals surface area contributed by atoms with Crippen molar-refractivity contribution in [1.29, 1.82) is 0 Å². The Morgan fingerprint density at radius 2 is 1.15 bits per heavy atom. The van der Waals surface area contributed by atoms with E-state index >= 15 is 0 Å². The molecule has 3 heteroatoms. The minimum atomic E-state index is -2.34. The van der Waals surface area contributed by atoms with Crippen molar-refractivity contribution in [3.8, 4) is 11.1 Å². The fourth-order valence-electron chi connectivity index (χ4n) is 6.56. The fourth-order valence-corrected chi connectivity index (χ4v) is 15.8. The first-order valence-corrected chi connectivity index (χ1v) is 18.3. The molecule has 4 rings (SSSR count). The van der Waals surface area contributed by atoms with E-state index in [1.54, 1.807) is 25.5 Å². The molecule has 2 aromatic carbocycles. The van der Waals surface area contributed by atoms with Gasteiger partial charge in [-0.05, 0) is 0 Å². The molecule has 39 heavy (non-hydrogen) atoms. The summed E-state index contributed by atoms with van der Waals surface area (Å²) in [6.45, 7) is 31.2. The van der Waals surface area contributed by atoms with Crippen LogP contribution in [0.15, 0.2) is 56.9 Å². The van der Waals surface area contributed by atoms with Crippen LogP contribution >= 0.6 is 0 Å². The van der Waals surface area contributed by atoms with Gasteiger partial charge < -0.3 is 24.8 Å². The Labute approximate surface area is 260 Å².